The average molecular weight is 305 g/mol. The van der Waals surface area contributed by atoms with E-state index < -0.39 is 0 Å². The van der Waals surface area contributed by atoms with Crippen molar-refractivity contribution in [1.82, 2.24) is 24.5 Å². The summed E-state index contributed by atoms with van der Waals surface area (Å²) < 4.78 is 2.69. The van der Waals surface area contributed by atoms with E-state index in [1.807, 2.05) is 23.9 Å². The SMILES string of the molecule is Cn1ccc2c(N)nc(-c3ncc(Br)cn3)nc21. The monoisotopic (exact) mass is 304 g/mol. The topological polar surface area (TPSA) is 82.5 Å². The molecule has 0 spiro atoms. The van der Waals surface area contributed by atoms with Gasteiger partial charge in [-0.2, -0.15) is 0 Å². The molecule has 0 unspecified atom stereocenters. The summed E-state index contributed by atoms with van der Waals surface area (Å²) in [6, 6.07) is 1.89. The van der Waals surface area contributed by atoms with Crippen LogP contribution in [0, 0.1) is 0 Å². The van der Waals surface area contributed by atoms with Crippen molar-refractivity contribution < 1.29 is 0 Å². The van der Waals surface area contributed by atoms with Crippen molar-refractivity contribution in [3.8, 4) is 11.6 Å². The van der Waals surface area contributed by atoms with Crippen molar-refractivity contribution in [2.75, 3.05) is 5.73 Å². The molecule has 0 radical (unpaired) electrons. The van der Waals surface area contributed by atoms with Crippen molar-refractivity contribution in [3.05, 3.63) is 29.1 Å². The summed E-state index contributed by atoms with van der Waals surface area (Å²) in [5.41, 5.74) is 6.68. The van der Waals surface area contributed by atoms with E-state index in [-0.39, 0.29) is 0 Å². The quantitative estimate of drug-likeness (QED) is 0.741. The van der Waals surface area contributed by atoms with Crippen LogP contribution in [0.15, 0.2) is 29.1 Å². The van der Waals surface area contributed by atoms with Gasteiger partial charge in [0.25, 0.3) is 0 Å². The number of hydrogen-bond acceptors (Lipinski definition) is 5. The minimum Gasteiger partial charge on any atom is -0.383 e. The number of nitrogen functional groups attached to an aromatic ring is 1. The Hall–Kier alpha value is -2.02. The van der Waals surface area contributed by atoms with E-state index in [1.165, 1.54) is 0 Å². The van der Waals surface area contributed by atoms with E-state index in [9.17, 15) is 0 Å². The summed E-state index contributed by atoms with van der Waals surface area (Å²) in [5.74, 6) is 1.31. The van der Waals surface area contributed by atoms with Crippen LogP contribution in [0.4, 0.5) is 5.82 Å². The van der Waals surface area contributed by atoms with Gasteiger partial charge in [0, 0.05) is 25.6 Å². The van der Waals surface area contributed by atoms with Gasteiger partial charge in [0.05, 0.1) is 9.86 Å². The molecule has 0 saturated heterocycles. The molecular weight excluding hydrogens is 296 g/mol. The van der Waals surface area contributed by atoms with Crippen LogP contribution in [0.3, 0.4) is 0 Å². The normalized spacial score (nSPS) is 11.0. The Morgan fingerprint density at radius 2 is 1.89 bits per heavy atom. The highest BCUT2D eigenvalue weighted by atomic mass is 79.9. The van der Waals surface area contributed by atoms with Gasteiger partial charge < -0.3 is 10.3 Å². The predicted molar refractivity (Wildman–Crippen MR) is 71.6 cm³/mol. The summed E-state index contributed by atoms with van der Waals surface area (Å²) in [6.07, 6.45) is 5.19. The number of anilines is 1. The fourth-order valence-electron chi connectivity index (χ4n) is 1.69. The summed E-state index contributed by atoms with van der Waals surface area (Å²) in [4.78, 5) is 17.0. The fraction of sp³-hybridized carbons (Fsp3) is 0.0909. The van der Waals surface area contributed by atoms with Crippen LogP contribution in [0.1, 0.15) is 0 Å². The summed E-state index contributed by atoms with van der Waals surface area (Å²) in [7, 11) is 1.90. The Kier molecular flexibility index (Phi) is 2.48. The van der Waals surface area contributed by atoms with Crippen LogP contribution in [0.25, 0.3) is 22.7 Å². The smallest absolute Gasteiger partial charge is 0.201 e. The zero-order chi connectivity index (χ0) is 12.7. The third kappa shape index (κ3) is 1.72. The first-order valence-electron chi connectivity index (χ1n) is 5.21. The van der Waals surface area contributed by atoms with Gasteiger partial charge in [0.1, 0.15) is 11.5 Å². The minimum absolute atomic E-state index is 0.425. The molecule has 3 aromatic rings. The number of hydrogen-bond donors (Lipinski definition) is 1. The van der Waals surface area contributed by atoms with E-state index in [0.717, 1.165) is 15.5 Å². The van der Waals surface area contributed by atoms with Crippen LogP contribution in [-0.2, 0) is 7.05 Å². The number of nitrogens with two attached hydrogens (primary N) is 1. The maximum atomic E-state index is 5.91. The lowest BCUT2D eigenvalue weighted by Gasteiger charge is -2.02. The molecule has 3 heterocycles. The molecule has 3 aromatic heterocycles. The summed E-state index contributed by atoms with van der Waals surface area (Å²) in [5, 5.41) is 0.832. The Labute approximate surface area is 111 Å². The molecule has 0 bridgehead atoms. The largest absolute Gasteiger partial charge is 0.383 e. The molecule has 0 aromatic carbocycles. The maximum Gasteiger partial charge on any atom is 0.201 e. The Morgan fingerprint density at radius 1 is 1.17 bits per heavy atom. The number of aryl methyl sites for hydroxylation is 1. The van der Waals surface area contributed by atoms with Gasteiger partial charge in [-0.1, -0.05) is 0 Å². The number of halogens is 1. The lowest BCUT2D eigenvalue weighted by atomic mass is 10.3. The van der Waals surface area contributed by atoms with Crippen molar-refractivity contribution in [2.45, 2.75) is 0 Å². The highest BCUT2D eigenvalue weighted by molar-refractivity contribution is 9.10. The first-order valence-corrected chi connectivity index (χ1v) is 6.01. The molecule has 7 heteroatoms. The molecular formula is C11H9BrN6. The Bertz CT molecular complexity index is 718. The summed E-state index contributed by atoms with van der Waals surface area (Å²) >= 11 is 3.28. The number of nitrogens with zero attached hydrogens (tertiary/aromatic N) is 5. The molecule has 0 aliphatic rings. The molecule has 0 saturated carbocycles. The van der Waals surface area contributed by atoms with Gasteiger partial charge in [0.15, 0.2) is 5.82 Å². The lowest BCUT2D eigenvalue weighted by Crippen LogP contribution is -2.01. The highest BCUT2D eigenvalue weighted by Gasteiger charge is 2.11. The number of rotatable bonds is 1. The third-order valence-electron chi connectivity index (χ3n) is 2.57. The molecule has 0 fully saturated rings. The zero-order valence-electron chi connectivity index (χ0n) is 9.50. The second-order valence-electron chi connectivity index (χ2n) is 3.82. The number of aromatic nitrogens is 5. The van der Waals surface area contributed by atoms with Crippen LogP contribution in [-0.4, -0.2) is 24.5 Å². The first-order chi connectivity index (χ1) is 8.65. The van der Waals surface area contributed by atoms with Gasteiger partial charge >= 0.3 is 0 Å². The van der Waals surface area contributed by atoms with E-state index in [0.29, 0.717) is 17.5 Å². The lowest BCUT2D eigenvalue weighted by molar-refractivity contribution is 0.942. The number of fused-ring (bicyclic) bond motifs is 1. The van der Waals surface area contributed by atoms with Crippen LogP contribution >= 0.6 is 15.9 Å². The van der Waals surface area contributed by atoms with Gasteiger partial charge in [-0.05, 0) is 22.0 Å². The van der Waals surface area contributed by atoms with Crippen molar-refractivity contribution in [1.29, 1.82) is 0 Å². The van der Waals surface area contributed by atoms with E-state index in [4.69, 9.17) is 5.73 Å². The molecule has 3 rings (SSSR count). The van der Waals surface area contributed by atoms with E-state index >= 15 is 0 Å². The van der Waals surface area contributed by atoms with Gasteiger partial charge in [-0.15, -0.1) is 0 Å². The van der Waals surface area contributed by atoms with Crippen molar-refractivity contribution >= 4 is 32.8 Å². The van der Waals surface area contributed by atoms with Crippen LogP contribution in [0.5, 0.6) is 0 Å². The van der Waals surface area contributed by atoms with Crippen LogP contribution in [0.2, 0.25) is 0 Å². The Balaban J connectivity index is 2.23. The zero-order valence-corrected chi connectivity index (χ0v) is 11.1. The van der Waals surface area contributed by atoms with Crippen molar-refractivity contribution in [3.63, 3.8) is 0 Å². The molecule has 0 atom stereocenters. The highest BCUT2D eigenvalue weighted by Crippen LogP contribution is 2.21. The molecule has 18 heavy (non-hydrogen) atoms. The minimum atomic E-state index is 0.425. The van der Waals surface area contributed by atoms with Crippen LogP contribution < -0.4 is 5.73 Å². The standard InChI is InChI=1S/C11H9BrN6/c1-18-3-2-7-8(13)16-10(17-11(7)18)9-14-4-6(12)5-15-9/h2-5H,1H3,(H2,13,16,17). The van der Waals surface area contributed by atoms with Gasteiger partial charge in [-0.3, -0.25) is 0 Å². The second-order valence-corrected chi connectivity index (χ2v) is 4.74. The van der Waals surface area contributed by atoms with Gasteiger partial charge in [0.2, 0.25) is 5.82 Å². The maximum absolute atomic E-state index is 5.91. The van der Waals surface area contributed by atoms with Crippen molar-refractivity contribution in [2.24, 2.45) is 7.05 Å². The summed E-state index contributed by atoms with van der Waals surface area (Å²) in [6.45, 7) is 0. The molecule has 0 aliphatic carbocycles. The average Bonchev–Trinajstić information content (AvgIpc) is 2.73. The Morgan fingerprint density at radius 3 is 2.61 bits per heavy atom. The molecule has 0 aliphatic heterocycles. The molecule has 2 N–H and O–H groups in total. The first kappa shape index (κ1) is 11.1. The van der Waals surface area contributed by atoms with E-state index in [2.05, 4.69) is 35.9 Å². The third-order valence-corrected chi connectivity index (χ3v) is 2.98. The fourth-order valence-corrected chi connectivity index (χ4v) is 1.89. The van der Waals surface area contributed by atoms with E-state index in [1.54, 1.807) is 12.4 Å². The molecule has 6 nitrogen and oxygen atoms in total. The predicted octanol–water partition coefficient (Wildman–Crippen LogP) is 1.77. The molecule has 0 amide bonds. The second kappa shape index (κ2) is 4.02. The van der Waals surface area contributed by atoms with Gasteiger partial charge in [-0.25, -0.2) is 19.9 Å². The molecule has 90 valence electrons.